The van der Waals surface area contributed by atoms with Crippen molar-refractivity contribution in [3.05, 3.63) is 54.6 Å². The molecule has 0 atom stereocenters. The molecule has 0 N–H and O–H groups in total. The van der Waals surface area contributed by atoms with E-state index in [1.165, 1.54) is 6.07 Å². The standard InChI is InChI=1S/C18H15FN4O/c1-2-9-23-11-20-15-8-7-12(10-16(15)23)17-21-18(24-22-17)13-5-3-4-6-14(13)19/h3-8,10-11H,2,9H2,1H3. The summed E-state index contributed by atoms with van der Waals surface area (Å²) in [7, 11) is 0. The Morgan fingerprint density at radius 1 is 1.17 bits per heavy atom. The van der Waals surface area contributed by atoms with E-state index in [4.69, 9.17) is 4.52 Å². The Labute approximate surface area is 137 Å². The van der Waals surface area contributed by atoms with E-state index in [-0.39, 0.29) is 11.7 Å². The van der Waals surface area contributed by atoms with Crippen molar-refractivity contribution in [3.8, 4) is 22.8 Å². The summed E-state index contributed by atoms with van der Waals surface area (Å²) in [6, 6.07) is 12.1. The Balaban J connectivity index is 1.75. The van der Waals surface area contributed by atoms with Gasteiger partial charge in [-0.2, -0.15) is 4.98 Å². The first-order valence-corrected chi connectivity index (χ1v) is 7.80. The minimum absolute atomic E-state index is 0.172. The first kappa shape index (κ1) is 14.6. The van der Waals surface area contributed by atoms with Crippen LogP contribution in [0.25, 0.3) is 33.9 Å². The van der Waals surface area contributed by atoms with Gasteiger partial charge in [-0.3, -0.25) is 0 Å². The summed E-state index contributed by atoms with van der Waals surface area (Å²) in [6.45, 7) is 3.02. The Kier molecular flexibility index (Phi) is 3.57. The summed E-state index contributed by atoms with van der Waals surface area (Å²) in [4.78, 5) is 8.72. The third-order valence-corrected chi connectivity index (χ3v) is 3.87. The molecule has 4 aromatic rings. The predicted octanol–water partition coefficient (Wildman–Crippen LogP) is 4.30. The average Bonchev–Trinajstić information content (AvgIpc) is 3.23. The fourth-order valence-electron chi connectivity index (χ4n) is 2.70. The number of halogens is 1. The van der Waals surface area contributed by atoms with Crippen LogP contribution in [0.2, 0.25) is 0 Å². The lowest BCUT2D eigenvalue weighted by molar-refractivity contribution is 0.429. The maximum absolute atomic E-state index is 13.9. The van der Waals surface area contributed by atoms with Crippen LogP contribution >= 0.6 is 0 Å². The Morgan fingerprint density at radius 3 is 2.88 bits per heavy atom. The van der Waals surface area contributed by atoms with Crippen molar-refractivity contribution >= 4 is 11.0 Å². The van der Waals surface area contributed by atoms with Crippen molar-refractivity contribution in [2.24, 2.45) is 0 Å². The second-order valence-electron chi connectivity index (χ2n) is 5.54. The maximum Gasteiger partial charge on any atom is 0.261 e. The molecular formula is C18H15FN4O. The number of hydrogen-bond acceptors (Lipinski definition) is 4. The molecule has 0 radical (unpaired) electrons. The number of rotatable bonds is 4. The molecule has 24 heavy (non-hydrogen) atoms. The van der Waals surface area contributed by atoms with E-state index < -0.39 is 0 Å². The lowest BCUT2D eigenvalue weighted by atomic mass is 10.2. The van der Waals surface area contributed by atoms with Gasteiger partial charge < -0.3 is 9.09 Å². The van der Waals surface area contributed by atoms with Gasteiger partial charge in [0, 0.05) is 12.1 Å². The summed E-state index contributed by atoms with van der Waals surface area (Å²) >= 11 is 0. The molecule has 0 aliphatic carbocycles. The number of imidazole rings is 1. The molecule has 6 heteroatoms. The fraction of sp³-hybridized carbons (Fsp3) is 0.167. The molecule has 2 aromatic carbocycles. The van der Waals surface area contributed by atoms with Crippen molar-refractivity contribution in [3.63, 3.8) is 0 Å². The highest BCUT2D eigenvalue weighted by Gasteiger charge is 2.14. The van der Waals surface area contributed by atoms with E-state index in [0.29, 0.717) is 11.4 Å². The summed E-state index contributed by atoms with van der Waals surface area (Å²) in [5, 5.41) is 3.99. The van der Waals surface area contributed by atoms with Crippen LogP contribution in [0.5, 0.6) is 0 Å². The van der Waals surface area contributed by atoms with Crippen molar-refractivity contribution in [2.45, 2.75) is 19.9 Å². The molecule has 0 amide bonds. The zero-order valence-electron chi connectivity index (χ0n) is 13.1. The van der Waals surface area contributed by atoms with E-state index in [0.717, 1.165) is 29.6 Å². The molecule has 120 valence electrons. The van der Waals surface area contributed by atoms with E-state index in [9.17, 15) is 4.39 Å². The van der Waals surface area contributed by atoms with Crippen LogP contribution in [-0.2, 0) is 6.54 Å². The van der Waals surface area contributed by atoms with Crippen LogP contribution in [-0.4, -0.2) is 19.7 Å². The first-order valence-electron chi connectivity index (χ1n) is 7.80. The zero-order valence-corrected chi connectivity index (χ0v) is 13.1. The topological polar surface area (TPSA) is 56.7 Å². The van der Waals surface area contributed by atoms with Crippen LogP contribution in [0.15, 0.2) is 53.3 Å². The molecule has 0 unspecified atom stereocenters. The van der Waals surface area contributed by atoms with Crippen LogP contribution in [0, 0.1) is 5.82 Å². The van der Waals surface area contributed by atoms with Gasteiger partial charge in [-0.25, -0.2) is 9.37 Å². The highest BCUT2D eigenvalue weighted by atomic mass is 19.1. The van der Waals surface area contributed by atoms with Crippen LogP contribution in [0.4, 0.5) is 4.39 Å². The van der Waals surface area contributed by atoms with Gasteiger partial charge in [0.1, 0.15) is 5.82 Å². The first-order chi connectivity index (χ1) is 11.8. The van der Waals surface area contributed by atoms with Crippen molar-refractivity contribution in [1.29, 1.82) is 0 Å². The second-order valence-corrected chi connectivity index (χ2v) is 5.54. The van der Waals surface area contributed by atoms with Gasteiger partial charge in [0.25, 0.3) is 5.89 Å². The summed E-state index contributed by atoms with van der Waals surface area (Å²) < 4.78 is 21.2. The Morgan fingerprint density at radius 2 is 2.04 bits per heavy atom. The Hall–Kier alpha value is -3.02. The minimum atomic E-state index is -0.385. The highest BCUT2D eigenvalue weighted by molar-refractivity contribution is 5.80. The van der Waals surface area contributed by atoms with Crippen molar-refractivity contribution in [1.82, 2.24) is 19.7 Å². The molecule has 2 aromatic heterocycles. The molecule has 0 spiro atoms. The monoisotopic (exact) mass is 322 g/mol. The zero-order chi connectivity index (χ0) is 16.5. The molecule has 0 fully saturated rings. The number of nitrogens with zero attached hydrogens (tertiary/aromatic N) is 4. The van der Waals surface area contributed by atoms with Crippen molar-refractivity contribution < 1.29 is 8.91 Å². The number of aromatic nitrogens is 4. The largest absolute Gasteiger partial charge is 0.334 e. The van der Waals surface area contributed by atoms with Gasteiger partial charge in [0.15, 0.2) is 0 Å². The van der Waals surface area contributed by atoms with Gasteiger partial charge in [0.05, 0.1) is 22.9 Å². The second kappa shape index (κ2) is 5.88. The van der Waals surface area contributed by atoms with Crippen LogP contribution in [0.1, 0.15) is 13.3 Å². The van der Waals surface area contributed by atoms with Gasteiger partial charge in [-0.05, 0) is 36.8 Å². The van der Waals surface area contributed by atoms with Gasteiger partial charge >= 0.3 is 0 Å². The summed E-state index contributed by atoms with van der Waals surface area (Å²) in [5.74, 6) is 0.217. The summed E-state index contributed by atoms with van der Waals surface area (Å²) in [5.41, 5.74) is 3.05. The molecular weight excluding hydrogens is 307 g/mol. The van der Waals surface area contributed by atoms with Crippen LogP contribution < -0.4 is 0 Å². The number of fused-ring (bicyclic) bond motifs is 1. The molecule has 0 saturated carbocycles. The normalized spacial score (nSPS) is 11.2. The number of benzene rings is 2. The number of hydrogen-bond donors (Lipinski definition) is 0. The van der Waals surface area contributed by atoms with E-state index >= 15 is 0 Å². The minimum Gasteiger partial charge on any atom is -0.334 e. The lowest BCUT2D eigenvalue weighted by Crippen LogP contribution is -1.94. The van der Waals surface area contributed by atoms with E-state index in [2.05, 4.69) is 26.6 Å². The fourth-order valence-corrected chi connectivity index (χ4v) is 2.70. The third kappa shape index (κ3) is 2.46. The van der Waals surface area contributed by atoms with Gasteiger partial charge in [-0.1, -0.05) is 24.2 Å². The smallest absolute Gasteiger partial charge is 0.261 e. The van der Waals surface area contributed by atoms with Gasteiger partial charge in [0.2, 0.25) is 5.82 Å². The van der Waals surface area contributed by atoms with E-state index in [1.54, 1.807) is 18.2 Å². The van der Waals surface area contributed by atoms with E-state index in [1.807, 2.05) is 24.5 Å². The molecule has 0 aliphatic rings. The summed E-state index contributed by atoms with van der Waals surface area (Å²) in [6.07, 6.45) is 2.86. The SMILES string of the molecule is CCCn1cnc2ccc(-c3noc(-c4ccccc4F)n3)cc21. The molecule has 5 nitrogen and oxygen atoms in total. The van der Waals surface area contributed by atoms with Crippen molar-refractivity contribution in [2.75, 3.05) is 0 Å². The molecule has 2 heterocycles. The molecule has 0 saturated heterocycles. The third-order valence-electron chi connectivity index (χ3n) is 3.87. The molecule has 0 bridgehead atoms. The lowest BCUT2D eigenvalue weighted by Gasteiger charge is -2.02. The quantitative estimate of drug-likeness (QED) is 0.562. The van der Waals surface area contributed by atoms with Crippen LogP contribution in [0.3, 0.4) is 0 Å². The highest BCUT2D eigenvalue weighted by Crippen LogP contribution is 2.26. The average molecular weight is 322 g/mol. The number of aryl methyl sites for hydroxylation is 1. The Bertz CT molecular complexity index is 1010. The maximum atomic E-state index is 13.9. The van der Waals surface area contributed by atoms with Gasteiger partial charge in [-0.15, -0.1) is 0 Å². The predicted molar refractivity (Wildman–Crippen MR) is 88.7 cm³/mol. The molecule has 0 aliphatic heterocycles. The molecule has 4 rings (SSSR count).